The maximum absolute atomic E-state index is 12.8. The van der Waals surface area contributed by atoms with Crippen molar-refractivity contribution in [1.82, 2.24) is 29.9 Å². The molecule has 7 heteroatoms. The molecule has 2 fully saturated rings. The fourth-order valence-corrected chi connectivity index (χ4v) is 3.71. The van der Waals surface area contributed by atoms with Crippen molar-refractivity contribution >= 4 is 5.91 Å². The Labute approximate surface area is 141 Å². The van der Waals surface area contributed by atoms with Crippen molar-refractivity contribution in [3.63, 3.8) is 0 Å². The zero-order valence-electron chi connectivity index (χ0n) is 14.4. The number of nitrogens with one attached hydrogen (secondary N) is 1. The average molecular weight is 328 g/mol. The van der Waals surface area contributed by atoms with E-state index in [-0.39, 0.29) is 11.8 Å². The molecule has 1 amide bonds. The smallest absolute Gasteiger partial charge is 0.257 e. The normalized spacial score (nSPS) is 24.1. The van der Waals surface area contributed by atoms with Crippen LogP contribution in [0.15, 0.2) is 12.4 Å². The second kappa shape index (κ2) is 5.72. The van der Waals surface area contributed by atoms with Crippen LogP contribution in [0.5, 0.6) is 0 Å². The zero-order valence-corrected chi connectivity index (χ0v) is 14.4. The van der Waals surface area contributed by atoms with Gasteiger partial charge in [-0.2, -0.15) is 10.2 Å². The number of rotatable bonds is 4. The first-order valence-corrected chi connectivity index (χ1v) is 8.73. The van der Waals surface area contributed by atoms with Gasteiger partial charge in [-0.25, -0.2) is 4.98 Å². The van der Waals surface area contributed by atoms with Crippen LogP contribution in [0.4, 0.5) is 0 Å². The van der Waals surface area contributed by atoms with Gasteiger partial charge in [0.15, 0.2) is 5.82 Å². The Morgan fingerprint density at radius 3 is 2.71 bits per heavy atom. The van der Waals surface area contributed by atoms with Gasteiger partial charge < -0.3 is 4.90 Å². The van der Waals surface area contributed by atoms with Crippen LogP contribution in [-0.4, -0.2) is 48.9 Å². The summed E-state index contributed by atoms with van der Waals surface area (Å²) in [5.74, 6) is 3.64. The highest BCUT2D eigenvalue weighted by molar-refractivity contribution is 5.94. The topological polar surface area (TPSA) is 79.7 Å². The van der Waals surface area contributed by atoms with Gasteiger partial charge in [-0.3, -0.25) is 14.6 Å². The molecule has 0 radical (unpaired) electrons. The summed E-state index contributed by atoms with van der Waals surface area (Å²) in [6.07, 6.45) is 5.96. The number of carbonyl (C=O) groups is 1. The molecule has 7 nitrogen and oxygen atoms in total. The number of hydrogen-bond donors (Lipinski definition) is 1. The Balaban J connectivity index is 1.56. The van der Waals surface area contributed by atoms with Crippen LogP contribution in [0.1, 0.15) is 60.5 Å². The molecule has 0 bridgehead atoms. The number of aromatic amines is 1. The van der Waals surface area contributed by atoms with Gasteiger partial charge in [0.1, 0.15) is 5.82 Å². The second-order valence-electron chi connectivity index (χ2n) is 7.45. The van der Waals surface area contributed by atoms with Gasteiger partial charge in [-0.05, 0) is 24.7 Å². The molecule has 0 unspecified atom stereocenters. The van der Waals surface area contributed by atoms with E-state index in [1.54, 1.807) is 17.1 Å². The Hall–Kier alpha value is -2.18. The first kappa shape index (κ1) is 15.4. The fourth-order valence-electron chi connectivity index (χ4n) is 3.71. The molecule has 2 aromatic rings. The molecule has 2 aliphatic rings. The predicted molar refractivity (Wildman–Crippen MR) is 88.5 cm³/mol. The third-order valence-corrected chi connectivity index (χ3v) is 5.22. The molecule has 0 aromatic carbocycles. The minimum absolute atomic E-state index is 0.0693. The minimum atomic E-state index is 0.0693. The maximum atomic E-state index is 12.8. The molecule has 2 aromatic heterocycles. The van der Waals surface area contributed by atoms with E-state index in [1.807, 2.05) is 11.9 Å². The van der Waals surface area contributed by atoms with Crippen LogP contribution in [0.3, 0.4) is 0 Å². The number of likely N-dealkylation sites (tertiary alicyclic amines) is 1. The van der Waals surface area contributed by atoms with Crippen molar-refractivity contribution in [3.05, 3.63) is 29.6 Å². The molecule has 1 aliphatic heterocycles. The van der Waals surface area contributed by atoms with E-state index in [0.29, 0.717) is 29.9 Å². The summed E-state index contributed by atoms with van der Waals surface area (Å²) in [4.78, 5) is 19.4. The molecular weight excluding hydrogens is 304 g/mol. The largest absolute Gasteiger partial charge is 0.337 e. The maximum Gasteiger partial charge on any atom is 0.257 e. The minimum Gasteiger partial charge on any atom is -0.337 e. The van der Waals surface area contributed by atoms with E-state index in [4.69, 9.17) is 4.98 Å². The molecule has 24 heavy (non-hydrogen) atoms. The van der Waals surface area contributed by atoms with Crippen LogP contribution in [-0.2, 0) is 7.05 Å². The molecule has 1 aliphatic carbocycles. The monoisotopic (exact) mass is 328 g/mol. The highest BCUT2D eigenvalue weighted by Gasteiger charge is 2.45. The number of nitrogens with zero attached hydrogens (tertiary/aromatic N) is 5. The van der Waals surface area contributed by atoms with E-state index < -0.39 is 0 Å². The molecule has 2 atom stereocenters. The lowest BCUT2D eigenvalue weighted by molar-refractivity contribution is 0.0784. The average Bonchev–Trinajstić information content (AvgIpc) is 2.99. The van der Waals surface area contributed by atoms with Crippen molar-refractivity contribution in [1.29, 1.82) is 0 Å². The van der Waals surface area contributed by atoms with Crippen molar-refractivity contribution < 1.29 is 4.79 Å². The lowest BCUT2D eigenvalue weighted by Crippen LogP contribution is -2.28. The third-order valence-electron chi connectivity index (χ3n) is 5.22. The predicted octanol–water partition coefficient (Wildman–Crippen LogP) is 1.93. The van der Waals surface area contributed by atoms with Crippen LogP contribution < -0.4 is 0 Å². The third kappa shape index (κ3) is 2.72. The van der Waals surface area contributed by atoms with E-state index in [0.717, 1.165) is 18.2 Å². The van der Waals surface area contributed by atoms with Crippen LogP contribution in [0, 0.1) is 11.8 Å². The summed E-state index contributed by atoms with van der Waals surface area (Å²) < 4.78 is 1.67. The van der Waals surface area contributed by atoms with E-state index in [2.05, 4.69) is 29.1 Å². The van der Waals surface area contributed by atoms with Crippen molar-refractivity contribution in [2.45, 2.75) is 38.5 Å². The summed E-state index contributed by atoms with van der Waals surface area (Å²) in [5.41, 5.74) is 0.660. The van der Waals surface area contributed by atoms with Gasteiger partial charge in [-0.1, -0.05) is 13.8 Å². The number of H-pyrrole nitrogens is 1. The van der Waals surface area contributed by atoms with Crippen molar-refractivity contribution in [2.24, 2.45) is 18.9 Å². The zero-order chi connectivity index (χ0) is 16.8. The van der Waals surface area contributed by atoms with Gasteiger partial charge in [0.2, 0.25) is 0 Å². The molecule has 1 saturated carbocycles. The second-order valence-corrected chi connectivity index (χ2v) is 7.45. The first-order chi connectivity index (χ1) is 11.5. The molecule has 3 heterocycles. The molecule has 4 rings (SSSR count). The SMILES string of the molecule is CC(C)c1n[nH]c([C@H]2CN(C(=O)c3cnn(C)c3)C[C@@H]2C2CC2)n1. The van der Waals surface area contributed by atoms with Crippen molar-refractivity contribution in [3.8, 4) is 0 Å². The van der Waals surface area contributed by atoms with Gasteiger partial charge in [0, 0.05) is 38.2 Å². The summed E-state index contributed by atoms with van der Waals surface area (Å²) in [5, 5.41) is 11.6. The number of aryl methyl sites for hydroxylation is 1. The van der Waals surface area contributed by atoms with Crippen molar-refractivity contribution in [2.75, 3.05) is 13.1 Å². The number of hydrogen-bond acceptors (Lipinski definition) is 4. The fraction of sp³-hybridized carbons (Fsp3) is 0.647. The van der Waals surface area contributed by atoms with Gasteiger partial charge in [0.25, 0.3) is 5.91 Å². The first-order valence-electron chi connectivity index (χ1n) is 8.73. The summed E-state index contributed by atoms with van der Waals surface area (Å²) >= 11 is 0. The van der Waals surface area contributed by atoms with Gasteiger partial charge in [0.05, 0.1) is 11.8 Å². The lowest BCUT2D eigenvalue weighted by Gasteiger charge is -2.15. The molecule has 128 valence electrons. The molecular formula is C17H24N6O. The van der Waals surface area contributed by atoms with Gasteiger partial charge in [-0.15, -0.1) is 0 Å². The summed E-state index contributed by atoms with van der Waals surface area (Å²) in [7, 11) is 1.83. The number of amides is 1. The molecule has 0 spiro atoms. The lowest BCUT2D eigenvalue weighted by atomic mass is 9.91. The Bertz CT molecular complexity index is 744. The van der Waals surface area contributed by atoms with Crippen LogP contribution in [0.2, 0.25) is 0 Å². The quantitative estimate of drug-likeness (QED) is 0.930. The Morgan fingerprint density at radius 1 is 1.33 bits per heavy atom. The molecule has 1 N–H and O–H groups in total. The summed E-state index contributed by atoms with van der Waals surface area (Å²) in [6.45, 7) is 5.71. The number of carbonyl (C=O) groups excluding carboxylic acids is 1. The number of aromatic nitrogens is 5. The van der Waals surface area contributed by atoms with Crippen LogP contribution >= 0.6 is 0 Å². The van der Waals surface area contributed by atoms with E-state index >= 15 is 0 Å². The Morgan fingerprint density at radius 2 is 2.12 bits per heavy atom. The summed E-state index contributed by atoms with van der Waals surface area (Å²) in [6, 6.07) is 0. The highest BCUT2D eigenvalue weighted by Crippen LogP contribution is 2.47. The van der Waals surface area contributed by atoms with Crippen LogP contribution in [0.25, 0.3) is 0 Å². The van der Waals surface area contributed by atoms with Gasteiger partial charge >= 0.3 is 0 Å². The van der Waals surface area contributed by atoms with E-state index in [1.165, 1.54) is 12.8 Å². The standard InChI is InChI=1S/C17H24N6O/c1-10(2)15-19-16(21-20-15)14-9-23(8-13(14)11-4-5-11)17(24)12-6-18-22(3)7-12/h6-7,10-11,13-14H,4-5,8-9H2,1-3H3,(H,19,20,21)/t13-,14+/m1/s1. The molecule has 1 saturated heterocycles. The van der Waals surface area contributed by atoms with E-state index in [9.17, 15) is 4.79 Å². The highest BCUT2D eigenvalue weighted by atomic mass is 16.2. The Kier molecular flexibility index (Phi) is 3.66.